The van der Waals surface area contributed by atoms with E-state index in [2.05, 4.69) is 10.6 Å². The van der Waals surface area contributed by atoms with E-state index in [9.17, 15) is 27.9 Å². The van der Waals surface area contributed by atoms with E-state index < -0.39 is 41.4 Å². The Morgan fingerprint density at radius 1 is 1.07 bits per heavy atom. The van der Waals surface area contributed by atoms with Gasteiger partial charge in [-0.2, -0.15) is 22.0 Å². The number of fused-ring (bicyclic) bond motifs is 4. The number of halogens is 5. The lowest BCUT2D eigenvalue weighted by Gasteiger charge is -2.56. The zero-order chi connectivity index (χ0) is 30.0. The van der Waals surface area contributed by atoms with Crippen LogP contribution in [0.5, 0.6) is 0 Å². The van der Waals surface area contributed by atoms with Gasteiger partial charge in [-0.25, -0.2) is 4.79 Å². The van der Waals surface area contributed by atoms with Crippen molar-refractivity contribution in [3.05, 3.63) is 58.2 Å². The molecule has 2 amide bonds. The zero-order valence-corrected chi connectivity index (χ0v) is 23.5. The number of hydrogen-bond donors (Lipinski definition) is 3. The molecule has 0 bridgehead atoms. The average Bonchev–Trinajstić information content (AvgIpc) is 3.17. The van der Waals surface area contributed by atoms with Crippen molar-refractivity contribution in [2.45, 2.75) is 102 Å². The molecule has 4 aliphatic carbocycles. The largest absolute Gasteiger partial charge is 0.456 e. The fraction of sp³-hybridized carbons (Fsp3) is 0.613. The Balaban J connectivity index is 1.55. The number of amides is 2. The van der Waals surface area contributed by atoms with Gasteiger partial charge in [0.1, 0.15) is 5.60 Å². The molecule has 10 heteroatoms. The third-order valence-electron chi connectivity index (χ3n) is 10.0. The van der Waals surface area contributed by atoms with Crippen molar-refractivity contribution in [2.24, 2.45) is 17.3 Å². The fourth-order valence-electron chi connectivity index (χ4n) is 8.08. The van der Waals surface area contributed by atoms with Crippen LogP contribution in [0.3, 0.4) is 0 Å². The lowest BCUT2D eigenvalue weighted by Crippen LogP contribution is -2.65. The maximum absolute atomic E-state index is 15.1. The van der Waals surface area contributed by atoms with Crippen LogP contribution in [0.25, 0.3) is 0 Å². The summed E-state index contributed by atoms with van der Waals surface area (Å²) in [7, 11) is 0. The smallest absolute Gasteiger partial charge is 0.383 e. The molecule has 3 N–H and O–H groups in total. The number of benzene rings is 1. The van der Waals surface area contributed by atoms with Crippen LogP contribution in [-0.4, -0.2) is 40.7 Å². The monoisotopic (exact) mass is 580 g/mol. The standard InChI is InChI=1S/C31H37F5N2O3/c1-17(2)38-27(40)37-16-18-4-6-19(7-5-18)24-15-28(3)25(12-13-29(28,41)30(32,33)31(34,35)36)23-10-8-20-14-21(39)9-11-22(20)26(23)24/h4-7,14,17,23-25,41H,8-13,15-16H2,1-3H3,(H2,37,38,40)/t23?,24-,25?,28+,29+/m1/s1. The highest BCUT2D eigenvalue weighted by molar-refractivity contribution is 5.93. The molecule has 224 valence electrons. The summed E-state index contributed by atoms with van der Waals surface area (Å²) < 4.78 is 71.4. The maximum Gasteiger partial charge on any atom is 0.456 e. The van der Waals surface area contributed by atoms with Crippen LogP contribution >= 0.6 is 0 Å². The normalized spacial score (nSPS) is 31.8. The first kappa shape index (κ1) is 29.7. The second-order valence-electron chi connectivity index (χ2n) is 12.7. The van der Waals surface area contributed by atoms with E-state index in [1.807, 2.05) is 38.1 Å². The Morgan fingerprint density at radius 3 is 2.39 bits per heavy atom. The molecule has 1 aromatic rings. The van der Waals surface area contributed by atoms with Crippen molar-refractivity contribution in [3.63, 3.8) is 0 Å². The molecule has 4 aliphatic rings. The first-order valence-corrected chi connectivity index (χ1v) is 14.4. The van der Waals surface area contributed by atoms with Gasteiger partial charge in [-0.15, -0.1) is 0 Å². The van der Waals surface area contributed by atoms with Gasteiger partial charge in [-0.05, 0) is 92.6 Å². The summed E-state index contributed by atoms with van der Waals surface area (Å²) in [5.74, 6) is -6.52. The Labute approximate surface area is 236 Å². The van der Waals surface area contributed by atoms with Gasteiger partial charge in [0.25, 0.3) is 0 Å². The second-order valence-corrected chi connectivity index (χ2v) is 12.7. The highest BCUT2D eigenvalue weighted by Gasteiger charge is 2.79. The topological polar surface area (TPSA) is 78.4 Å². The van der Waals surface area contributed by atoms with Crippen molar-refractivity contribution in [1.29, 1.82) is 0 Å². The van der Waals surface area contributed by atoms with Crippen LogP contribution in [0.15, 0.2) is 47.1 Å². The third kappa shape index (κ3) is 4.79. The van der Waals surface area contributed by atoms with Crippen LogP contribution in [-0.2, 0) is 11.3 Å². The van der Waals surface area contributed by atoms with Gasteiger partial charge in [0.05, 0.1) is 0 Å². The first-order chi connectivity index (χ1) is 19.1. The summed E-state index contributed by atoms with van der Waals surface area (Å²) in [5.41, 5.74) is -0.366. The van der Waals surface area contributed by atoms with Crippen LogP contribution in [0, 0.1) is 17.3 Å². The van der Waals surface area contributed by atoms with Gasteiger partial charge >= 0.3 is 18.1 Å². The average molecular weight is 581 g/mol. The molecule has 2 saturated carbocycles. The Morgan fingerprint density at radius 2 is 1.76 bits per heavy atom. The van der Waals surface area contributed by atoms with Crippen LogP contribution in [0.4, 0.5) is 26.7 Å². The number of allylic oxidation sites excluding steroid dienone is 4. The maximum atomic E-state index is 15.1. The summed E-state index contributed by atoms with van der Waals surface area (Å²) in [4.78, 5) is 24.2. The fourth-order valence-corrected chi connectivity index (χ4v) is 8.08. The summed E-state index contributed by atoms with van der Waals surface area (Å²) in [5, 5.41) is 16.9. The van der Waals surface area contributed by atoms with Gasteiger partial charge in [0.15, 0.2) is 5.78 Å². The van der Waals surface area contributed by atoms with Gasteiger partial charge in [0.2, 0.25) is 0 Å². The molecule has 0 radical (unpaired) electrons. The molecule has 0 spiro atoms. The molecule has 0 saturated heterocycles. The lowest BCUT2D eigenvalue weighted by atomic mass is 9.50. The van der Waals surface area contributed by atoms with Gasteiger partial charge in [0, 0.05) is 30.3 Å². The number of ketones is 1. The molecule has 5 atom stereocenters. The molecule has 5 rings (SSSR count). The van der Waals surface area contributed by atoms with E-state index in [0.717, 1.165) is 27.8 Å². The highest BCUT2D eigenvalue weighted by Crippen LogP contribution is 2.70. The summed E-state index contributed by atoms with van der Waals surface area (Å²) in [6, 6.07) is 6.95. The van der Waals surface area contributed by atoms with Crippen molar-refractivity contribution in [1.82, 2.24) is 10.6 Å². The minimum Gasteiger partial charge on any atom is -0.383 e. The SMILES string of the molecule is CC(C)NC(=O)NCc1ccc([C@H]2C[C@@]3(C)C(CC[C@@]3(O)C(F)(F)C(F)(F)F)C3CCC4=CC(=O)CCC4=C32)cc1. The molecule has 1 aromatic carbocycles. The van der Waals surface area contributed by atoms with E-state index in [4.69, 9.17) is 0 Å². The predicted octanol–water partition coefficient (Wildman–Crippen LogP) is 6.72. The molecule has 0 aliphatic heterocycles. The Kier molecular flexibility index (Phi) is 7.40. The molecule has 0 heterocycles. The molecule has 2 fully saturated rings. The molecule has 41 heavy (non-hydrogen) atoms. The van der Waals surface area contributed by atoms with E-state index in [0.29, 0.717) is 25.7 Å². The summed E-state index contributed by atoms with van der Waals surface area (Å²) in [6.07, 6.45) is -2.88. The van der Waals surface area contributed by atoms with E-state index in [-0.39, 0.29) is 43.2 Å². The first-order valence-electron chi connectivity index (χ1n) is 14.4. The van der Waals surface area contributed by atoms with E-state index in [1.165, 1.54) is 6.92 Å². The molecular weight excluding hydrogens is 543 g/mol. The number of rotatable bonds is 5. The molecular formula is C31H37F5N2O3. The minimum atomic E-state index is -5.88. The lowest BCUT2D eigenvalue weighted by molar-refractivity contribution is -0.362. The predicted molar refractivity (Wildman–Crippen MR) is 143 cm³/mol. The number of hydrogen-bond acceptors (Lipinski definition) is 3. The number of carbonyl (C=O) groups excluding carboxylic acids is 2. The van der Waals surface area contributed by atoms with Crippen LogP contribution < -0.4 is 10.6 Å². The van der Waals surface area contributed by atoms with Crippen molar-refractivity contribution >= 4 is 11.8 Å². The van der Waals surface area contributed by atoms with Gasteiger partial charge < -0.3 is 15.7 Å². The highest BCUT2D eigenvalue weighted by atomic mass is 19.4. The number of alkyl halides is 5. The quantitative estimate of drug-likeness (QED) is 0.339. The number of aliphatic hydroxyl groups is 1. The van der Waals surface area contributed by atoms with Crippen LogP contribution in [0.2, 0.25) is 0 Å². The van der Waals surface area contributed by atoms with Gasteiger partial charge in [-0.1, -0.05) is 36.8 Å². The van der Waals surface area contributed by atoms with Gasteiger partial charge in [-0.3, -0.25) is 4.79 Å². The van der Waals surface area contributed by atoms with Crippen molar-refractivity contribution in [3.8, 4) is 0 Å². The Hall–Kier alpha value is -2.75. The van der Waals surface area contributed by atoms with Crippen molar-refractivity contribution < 1.29 is 36.6 Å². The number of urea groups is 1. The number of carbonyl (C=O) groups is 2. The molecule has 5 nitrogen and oxygen atoms in total. The van der Waals surface area contributed by atoms with Crippen molar-refractivity contribution in [2.75, 3.05) is 0 Å². The van der Waals surface area contributed by atoms with E-state index in [1.54, 1.807) is 6.08 Å². The molecule has 0 aromatic heterocycles. The third-order valence-corrected chi connectivity index (χ3v) is 10.0. The van der Waals surface area contributed by atoms with Crippen LogP contribution in [0.1, 0.15) is 82.8 Å². The number of nitrogens with one attached hydrogen (secondary N) is 2. The minimum absolute atomic E-state index is 0.0280. The second kappa shape index (κ2) is 10.2. The molecule has 2 unspecified atom stereocenters. The van der Waals surface area contributed by atoms with E-state index >= 15 is 8.78 Å². The Bertz CT molecular complexity index is 1290. The summed E-state index contributed by atoms with van der Waals surface area (Å²) in [6.45, 7) is 5.36. The zero-order valence-electron chi connectivity index (χ0n) is 23.5. The summed E-state index contributed by atoms with van der Waals surface area (Å²) >= 11 is 0.